The van der Waals surface area contributed by atoms with Crippen molar-refractivity contribution in [1.29, 1.82) is 0 Å². The average molecular weight is 289 g/mol. The minimum Gasteiger partial charge on any atom is -0.337 e. The molecule has 0 radical (unpaired) electrons. The molecule has 5 heteroatoms. The SMILES string of the molecule is CC1CCc2c(C(=O)N(C)Cc3cn[nH]c3)csc2C1. The Hall–Kier alpha value is -1.62. The van der Waals surface area contributed by atoms with Crippen molar-refractivity contribution in [3.63, 3.8) is 0 Å². The lowest BCUT2D eigenvalue weighted by atomic mass is 9.88. The number of rotatable bonds is 3. The smallest absolute Gasteiger partial charge is 0.255 e. The largest absolute Gasteiger partial charge is 0.337 e. The number of carbonyl (C=O) groups is 1. The van der Waals surface area contributed by atoms with Gasteiger partial charge in [0.15, 0.2) is 0 Å². The Bertz CT molecular complexity index is 603. The van der Waals surface area contributed by atoms with Gasteiger partial charge in [-0.05, 0) is 30.7 Å². The molecular weight excluding hydrogens is 270 g/mol. The molecule has 1 aliphatic carbocycles. The van der Waals surface area contributed by atoms with Gasteiger partial charge in [-0.15, -0.1) is 11.3 Å². The maximum Gasteiger partial charge on any atom is 0.255 e. The van der Waals surface area contributed by atoms with Crippen LogP contribution in [0.4, 0.5) is 0 Å². The molecule has 1 amide bonds. The molecule has 0 spiro atoms. The molecule has 20 heavy (non-hydrogen) atoms. The highest BCUT2D eigenvalue weighted by atomic mass is 32.1. The number of fused-ring (bicyclic) bond motifs is 1. The first-order chi connectivity index (χ1) is 9.65. The number of nitrogens with zero attached hydrogens (tertiary/aromatic N) is 2. The molecule has 2 aromatic rings. The van der Waals surface area contributed by atoms with Crippen molar-refractivity contribution < 1.29 is 4.79 Å². The maximum absolute atomic E-state index is 12.6. The number of H-pyrrole nitrogens is 1. The predicted octanol–water partition coefficient (Wildman–Crippen LogP) is 2.87. The van der Waals surface area contributed by atoms with Crippen molar-refractivity contribution in [2.45, 2.75) is 32.7 Å². The second-order valence-corrected chi connectivity index (χ2v) is 6.63. The number of amides is 1. The summed E-state index contributed by atoms with van der Waals surface area (Å²) in [5.74, 6) is 0.867. The molecule has 0 fully saturated rings. The second kappa shape index (κ2) is 5.40. The summed E-state index contributed by atoms with van der Waals surface area (Å²) in [5, 5.41) is 8.73. The Balaban J connectivity index is 1.77. The maximum atomic E-state index is 12.6. The van der Waals surface area contributed by atoms with Gasteiger partial charge in [0.05, 0.1) is 11.8 Å². The Morgan fingerprint density at radius 2 is 2.45 bits per heavy atom. The fourth-order valence-corrected chi connectivity index (χ4v) is 4.01. The molecule has 1 unspecified atom stereocenters. The van der Waals surface area contributed by atoms with Gasteiger partial charge in [0.2, 0.25) is 0 Å². The highest BCUT2D eigenvalue weighted by molar-refractivity contribution is 7.10. The monoisotopic (exact) mass is 289 g/mol. The van der Waals surface area contributed by atoms with Crippen LogP contribution in [0.5, 0.6) is 0 Å². The number of aromatic amines is 1. The Kier molecular flexibility index (Phi) is 3.61. The number of aromatic nitrogens is 2. The van der Waals surface area contributed by atoms with E-state index in [-0.39, 0.29) is 5.91 Å². The third kappa shape index (κ3) is 2.50. The Labute approximate surface area is 122 Å². The third-order valence-electron chi connectivity index (χ3n) is 3.95. The van der Waals surface area contributed by atoms with Gasteiger partial charge >= 0.3 is 0 Å². The van der Waals surface area contributed by atoms with Crippen molar-refractivity contribution in [3.05, 3.63) is 39.3 Å². The van der Waals surface area contributed by atoms with Crippen LogP contribution >= 0.6 is 11.3 Å². The van der Waals surface area contributed by atoms with E-state index in [0.29, 0.717) is 6.54 Å². The summed E-state index contributed by atoms with van der Waals surface area (Å²) in [6.07, 6.45) is 6.94. The van der Waals surface area contributed by atoms with E-state index in [2.05, 4.69) is 17.1 Å². The highest BCUT2D eigenvalue weighted by Gasteiger charge is 2.24. The van der Waals surface area contributed by atoms with Crippen LogP contribution in [-0.2, 0) is 19.4 Å². The van der Waals surface area contributed by atoms with Crippen LogP contribution < -0.4 is 0 Å². The molecule has 1 N–H and O–H groups in total. The van der Waals surface area contributed by atoms with Crippen molar-refractivity contribution in [2.75, 3.05) is 7.05 Å². The summed E-state index contributed by atoms with van der Waals surface area (Å²) in [7, 11) is 1.85. The lowest BCUT2D eigenvalue weighted by molar-refractivity contribution is 0.0784. The number of hydrogen-bond acceptors (Lipinski definition) is 3. The van der Waals surface area contributed by atoms with E-state index in [1.165, 1.54) is 16.9 Å². The minimum atomic E-state index is 0.123. The molecule has 1 atom stereocenters. The normalized spacial score (nSPS) is 17.8. The lowest BCUT2D eigenvalue weighted by Gasteiger charge is -2.21. The van der Waals surface area contributed by atoms with Crippen LogP contribution in [0.15, 0.2) is 17.8 Å². The van der Waals surface area contributed by atoms with E-state index in [1.54, 1.807) is 22.4 Å². The minimum absolute atomic E-state index is 0.123. The number of carbonyl (C=O) groups excluding carboxylic acids is 1. The van der Waals surface area contributed by atoms with Gasteiger partial charge in [-0.3, -0.25) is 9.89 Å². The first-order valence-corrected chi connectivity index (χ1v) is 7.85. The van der Waals surface area contributed by atoms with Crippen LogP contribution in [0.1, 0.15) is 39.7 Å². The molecule has 2 aromatic heterocycles. The van der Waals surface area contributed by atoms with Gasteiger partial charge in [-0.25, -0.2) is 0 Å². The van der Waals surface area contributed by atoms with Gasteiger partial charge < -0.3 is 4.90 Å². The van der Waals surface area contributed by atoms with Crippen molar-refractivity contribution in [1.82, 2.24) is 15.1 Å². The number of thiophene rings is 1. The fraction of sp³-hybridized carbons (Fsp3) is 0.467. The van der Waals surface area contributed by atoms with Crippen LogP contribution in [0, 0.1) is 5.92 Å². The van der Waals surface area contributed by atoms with Crippen molar-refractivity contribution >= 4 is 17.2 Å². The van der Waals surface area contributed by atoms with Crippen molar-refractivity contribution in [3.8, 4) is 0 Å². The summed E-state index contributed by atoms with van der Waals surface area (Å²) >= 11 is 1.74. The topological polar surface area (TPSA) is 49.0 Å². The first kappa shape index (κ1) is 13.4. The average Bonchev–Trinajstić information content (AvgIpc) is 3.06. The Morgan fingerprint density at radius 3 is 3.20 bits per heavy atom. The molecule has 0 bridgehead atoms. The zero-order chi connectivity index (χ0) is 14.1. The molecule has 106 valence electrons. The van der Waals surface area contributed by atoms with Crippen LogP contribution in [-0.4, -0.2) is 28.1 Å². The summed E-state index contributed by atoms with van der Waals surface area (Å²) in [6, 6.07) is 0. The van der Waals surface area contributed by atoms with E-state index in [9.17, 15) is 4.79 Å². The van der Waals surface area contributed by atoms with Crippen LogP contribution in [0.25, 0.3) is 0 Å². The molecule has 0 saturated heterocycles. The van der Waals surface area contributed by atoms with E-state index < -0.39 is 0 Å². The summed E-state index contributed by atoms with van der Waals surface area (Å²) in [6.45, 7) is 2.88. The molecule has 0 aliphatic heterocycles. The Morgan fingerprint density at radius 1 is 1.60 bits per heavy atom. The molecule has 1 aliphatic rings. The van der Waals surface area contributed by atoms with Gasteiger partial charge in [0, 0.05) is 35.6 Å². The van der Waals surface area contributed by atoms with E-state index in [1.807, 2.05) is 18.6 Å². The number of nitrogens with one attached hydrogen (secondary N) is 1. The quantitative estimate of drug-likeness (QED) is 0.944. The third-order valence-corrected chi connectivity index (χ3v) is 5.00. The molecule has 3 rings (SSSR count). The van der Waals surface area contributed by atoms with E-state index in [4.69, 9.17) is 0 Å². The second-order valence-electron chi connectivity index (χ2n) is 5.67. The molecule has 2 heterocycles. The first-order valence-electron chi connectivity index (χ1n) is 6.97. The lowest BCUT2D eigenvalue weighted by Crippen LogP contribution is -2.27. The van der Waals surface area contributed by atoms with Crippen LogP contribution in [0.3, 0.4) is 0 Å². The zero-order valence-corrected chi connectivity index (χ0v) is 12.7. The molecule has 4 nitrogen and oxygen atoms in total. The van der Waals surface area contributed by atoms with Gasteiger partial charge in [0.1, 0.15) is 0 Å². The standard InChI is InChI=1S/C15H19N3OS/c1-10-3-4-12-13(9-20-14(12)5-10)15(19)18(2)8-11-6-16-17-7-11/h6-7,9-10H,3-5,8H2,1-2H3,(H,16,17). The van der Waals surface area contributed by atoms with Gasteiger partial charge in [-0.1, -0.05) is 6.92 Å². The summed E-state index contributed by atoms with van der Waals surface area (Å²) in [4.78, 5) is 15.8. The number of hydrogen-bond donors (Lipinski definition) is 1. The zero-order valence-electron chi connectivity index (χ0n) is 11.8. The predicted molar refractivity (Wildman–Crippen MR) is 79.9 cm³/mol. The molecule has 0 aromatic carbocycles. The summed E-state index contributed by atoms with van der Waals surface area (Å²) < 4.78 is 0. The highest BCUT2D eigenvalue weighted by Crippen LogP contribution is 2.33. The summed E-state index contributed by atoms with van der Waals surface area (Å²) in [5.41, 5.74) is 3.22. The fourth-order valence-electron chi connectivity index (χ4n) is 2.77. The van der Waals surface area contributed by atoms with Crippen LogP contribution in [0.2, 0.25) is 0 Å². The van der Waals surface area contributed by atoms with Crippen molar-refractivity contribution in [2.24, 2.45) is 5.92 Å². The molecular formula is C15H19N3OS. The van der Waals surface area contributed by atoms with Gasteiger partial charge in [-0.2, -0.15) is 5.10 Å². The van der Waals surface area contributed by atoms with Gasteiger partial charge in [0.25, 0.3) is 5.91 Å². The molecule has 0 saturated carbocycles. The van der Waals surface area contributed by atoms with E-state index >= 15 is 0 Å². The van der Waals surface area contributed by atoms with E-state index in [0.717, 1.165) is 29.9 Å².